The monoisotopic (exact) mass is 250 g/mol. The van der Waals surface area contributed by atoms with E-state index in [-0.39, 0.29) is 12.7 Å². The topological polar surface area (TPSA) is 74.2 Å². The average molecular weight is 250 g/mol. The van der Waals surface area contributed by atoms with Gasteiger partial charge in [-0.25, -0.2) is 4.79 Å². The maximum Gasteiger partial charge on any atom is 0.505 e. The van der Waals surface area contributed by atoms with Crippen LogP contribution in [0.5, 0.6) is 0 Å². The van der Waals surface area contributed by atoms with Gasteiger partial charge in [0.25, 0.3) is 0 Å². The minimum atomic E-state index is -1.28. The Kier molecular flexibility index (Phi) is 11.0. The molecular formula is C11H22O6. The molecule has 0 aromatic rings. The van der Waals surface area contributed by atoms with Gasteiger partial charge in [0.2, 0.25) is 0 Å². The van der Waals surface area contributed by atoms with E-state index < -0.39 is 6.16 Å². The zero-order valence-electron chi connectivity index (χ0n) is 10.5. The fourth-order valence-electron chi connectivity index (χ4n) is 1.23. The molecule has 1 unspecified atom stereocenters. The molecule has 0 aromatic carbocycles. The molecule has 0 aliphatic carbocycles. The summed E-state index contributed by atoms with van der Waals surface area (Å²) < 4.78 is 20.0. The van der Waals surface area contributed by atoms with Gasteiger partial charge in [-0.05, 0) is 19.8 Å². The van der Waals surface area contributed by atoms with Crippen LogP contribution in [-0.2, 0) is 18.9 Å². The Hall–Kier alpha value is -0.850. The molecule has 6 nitrogen and oxygen atoms in total. The Bertz CT molecular complexity index is 185. The van der Waals surface area contributed by atoms with Crippen molar-refractivity contribution in [2.24, 2.45) is 0 Å². The van der Waals surface area contributed by atoms with Gasteiger partial charge in [-0.2, -0.15) is 0 Å². The van der Waals surface area contributed by atoms with Gasteiger partial charge < -0.3 is 24.1 Å². The Labute approximate surface area is 102 Å². The summed E-state index contributed by atoms with van der Waals surface area (Å²) in [6.07, 6.45) is 0.00251. The van der Waals surface area contributed by atoms with E-state index in [0.717, 1.165) is 6.42 Å². The average Bonchev–Trinajstić information content (AvgIpc) is 2.30. The second-order valence-corrected chi connectivity index (χ2v) is 3.40. The molecule has 6 heteroatoms. The van der Waals surface area contributed by atoms with Crippen LogP contribution in [0.25, 0.3) is 0 Å². The van der Waals surface area contributed by atoms with Crippen LogP contribution in [0.1, 0.15) is 19.8 Å². The van der Waals surface area contributed by atoms with Gasteiger partial charge in [-0.1, -0.05) is 0 Å². The summed E-state index contributed by atoms with van der Waals surface area (Å²) in [6.45, 7) is 4.22. The lowest BCUT2D eigenvalue weighted by Gasteiger charge is -2.16. The smallest absolute Gasteiger partial charge is 0.450 e. The van der Waals surface area contributed by atoms with Crippen molar-refractivity contribution in [3.8, 4) is 0 Å². The Morgan fingerprint density at radius 1 is 1.29 bits per heavy atom. The summed E-state index contributed by atoms with van der Waals surface area (Å²) in [6, 6.07) is 0. The molecule has 0 rings (SSSR count). The Morgan fingerprint density at radius 3 is 2.65 bits per heavy atom. The van der Waals surface area contributed by atoms with E-state index in [1.807, 2.05) is 6.92 Å². The van der Waals surface area contributed by atoms with E-state index in [2.05, 4.69) is 4.74 Å². The first kappa shape index (κ1) is 16.1. The van der Waals surface area contributed by atoms with Crippen molar-refractivity contribution in [1.29, 1.82) is 0 Å². The highest BCUT2D eigenvalue weighted by Crippen LogP contribution is 2.04. The third kappa shape index (κ3) is 11.4. The van der Waals surface area contributed by atoms with E-state index in [9.17, 15) is 4.79 Å². The van der Waals surface area contributed by atoms with Crippen molar-refractivity contribution in [2.45, 2.75) is 25.9 Å². The van der Waals surface area contributed by atoms with Gasteiger partial charge in [0.05, 0.1) is 19.3 Å². The normalized spacial score (nSPS) is 12.4. The molecule has 1 N–H and O–H groups in total. The molecule has 0 fully saturated rings. The van der Waals surface area contributed by atoms with E-state index >= 15 is 0 Å². The van der Waals surface area contributed by atoms with Gasteiger partial charge in [0.1, 0.15) is 6.61 Å². The number of ether oxygens (including phenoxy) is 4. The summed E-state index contributed by atoms with van der Waals surface area (Å²) in [5, 5.41) is 8.42. The largest absolute Gasteiger partial charge is 0.505 e. The zero-order chi connectivity index (χ0) is 12.9. The minimum absolute atomic E-state index is 0.0468. The summed E-state index contributed by atoms with van der Waals surface area (Å²) in [5.41, 5.74) is 0. The number of methoxy groups -OCH3 is 1. The van der Waals surface area contributed by atoms with Crippen molar-refractivity contribution in [3.63, 3.8) is 0 Å². The summed E-state index contributed by atoms with van der Waals surface area (Å²) in [5.74, 6) is 0. The lowest BCUT2D eigenvalue weighted by atomic mass is 10.2. The number of carboxylic acid groups (broad SMARTS) is 1. The number of hydrogen-bond donors (Lipinski definition) is 1. The quantitative estimate of drug-likeness (QED) is 0.443. The van der Waals surface area contributed by atoms with Crippen molar-refractivity contribution in [2.75, 3.05) is 40.1 Å². The highest BCUT2D eigenvalue weighted by Gasteiger charge is 2.11. The van der Waals surface area contributed by atoms with Gasteiger partial charge in [-0.3, -0.25) is 0 Å². The molecule has 0 aromatic heterocycles. The van der Waals surface area contributed by atoms with Crippen LogP contribution in [0.4, 0.5) is 4.79 Å². The van der Waals surface area contributed by atoms with Crippen molar-refractivity contribution >= 4 is 6.16 Å². The first-order chi connectivity index (χ1) is 8.20. The standard InChI is InChI=1S/C11H22O6/c1-3-15-6-4-5-10(9-17-11(12)13)16-8-7-14-2/h10H,3-9H2,1-2H3,(H,12,13). The van der Waals surface area contributed by atoms with E-state index in [1.165, 1.54) is 0 Å². The predicted octanol–water partition coefficient (Wildman–Crippen LogP) is 1.53. The highest BCUT2D eigenvalue weighted by molar-refractivity contribution is 5.56. The third-order valence-electron chi connectivity index (χ3n) is 2.05. The third-order valence-corrected chi connectivity index (χ3v) is 2.05. The molecular weight excluding hydrogens is 228 g/mol. The van der Waals surface area contributed by atoms with Crippen molar-refractivity contribution in [1.82, 2.24) is 0 Å². The molecule has 0 radical (unpaired) electrons. The first-order valence-corrected chi connectivity index (χ1v) is 5.74. The van der Waals surface area contributed by atoms with Gasteiger partial charge >= 0.3 is 6.16 Å². The van der Waals surface area contributed by atoms with E-state index in [4.69, 9.17) is 19.3 Å². The van der Waals surface area contributed by atoms with Crippen LogP contribution in [0, 0.1) is 0 Å². The van der Waals surface area contributed by atoms with Gasteiger partial charge in [0, 0.05) is 20.3 Å². The number of hydrogen-bond acceptors (Lipinski definition) is 5. The fraction of sp³-hybridized carbons (Fsp3) is 0.909. The Balaban J connectivity index is 3.71. The molecule has 0 saturated carbocycles. The first-order valence-electron chi connectivity index (χ1n) is 5.74. The number of rotatable bonds is 11. The summed E-state index contributed by atoms with van der Waals surface area (Å²) >= 11 is 0. The summed E-state index contributed by atoms with van der Waals surface area (Å²) in [4.78, 5) is 10.3. The van der Waals surface area contributed by atoms with Crippen LogP contribution in [0.3, 0.4) is 0 Å². The Morgan fingerprint density at radius 2 is 2.06 bits per heavy atom. The molecule has 102 valence electrons. The van der Waals surface area contributed by atoms with Crippen molar-refractivity contribution in [3.05, 3.63) is 0 Å². The van der Waals surface area contributed by atoms with Crippen LogP contribution in [0.2, 0.25) is 0 Å². The van der Waals surface area contributed by atoms with Crippen LogP contribution >= 0.6 is 0 Å². The molecule has 0 aliphatic heterocycles. The van der Waals surface area contributed by atoms with Crippen molar-refractivity contribution < 1.29 is 28.8 Å². The zero-order valence-corrected chi connectivity index (χ0v) is 10.5. The second-order valence-electron chi connectivity index (χ2n) is 3.40. The van der Waals surface area contributed by atoms with Gasteiger partial charge in [-0.15, -0.1) is 0 Å². The van der Waals surface area contributed by atoms with E-state index in [1.54, 1.807) is 7.11 Å². The molecule has 17 heavy (non-hydrogen) atoms. The summed E-state index contributed by atoms with van der Waals surface area (Å²) in [7, 11) is 1.58. The van der Waals surface area contributed by atoms with Crippen LogP contribution < -0.4 is 0 Å². The SMILES string of the molecule is CCOCCCC(COC(=O)O)OCCOC. The molecule has 0 aliphatic rings. The highest BCUT2D eigenvalue weighted by atomic mass is 16.7. The maximum atomic E-state index is 10.3. The predicted molar refractivity (Wildman–Crippen MR) is 61.3 cm³/mol. The fourth-order valence-corrected chi connectivity index (χ4v) is 1.23. The number of carbonyl (C=O) groups is 1. The molecule has 0 heterocycles. The molecule has 0 spiro atoms. The lowest BCUT2D eigenvalue weighted by Crippen LogP contribution is -2.24. The van der Waals surface area contributed by atoms with E-state index in [0.29, 0.717) is 32.8 Å². The minimum Gasteiger partial charge on any atom is -0.450 e. The maximum absolute atomic E-state index is 10.3. The molecule has 1 atom stereocenters. The molecule has 0 amide bonds. The lowest BCUT2D eigenvalue weighted by molar-refractivity contribution is -0.0305. The van der Waals surface area contributed by atoms with Gasteiger partial charge in [0.15, 0.2) is 0 Å². The molecule has 0 saturated heterocycles. The second kappa shape index (κ2) is 11.6. The van der Waals surface area contributed by atoms with Crippen LogP contribution in [-0.4, -0.2) is 57.5 Å². The molecule has 0 bridgehead atoms. The van der Waals surface area contributed by atoms with Crippen LogP contribution in [0.15, 0.2) is 0 Å².